The van der Waals surface area contributed by atoms with Gasteiger partial charge in [-0.3, -0.25) is 9.48 Å². The average Bonchev–Trinajstić information content (AvgIpc) is 2.78. The minimum absolute atomic E-state index is 0.0940. The van der Waals surface area contributed by atoms with E-state index in [1.54, 1.807) is 0 Å². The first-order chi connectivity index (χ1) is 8.95. The van der Waals surface area contributed by atoms with Gasteiger partial charge in [0.2, 0.25) is 0 Å². The molecule has 0 radical (unpaired) electrons. The second-order valence-electron chi connectivity index (χ2n) is 6.62. The number of aryl methyl sites for hydroxylation is 1. The fraction of sp³-hybridized carbons (Fsp3) is 0.750. The molecule has 0 spiro atoms. The molecule has 0 aromatic carbocycles. The van der Waals surface area contributed by atoms with Gasteiger partial charge >= 0.3 is 0 Å². The van der Waals surface area contributed by atoms with Crippen molar-refractivity contribution in [2.45, 2.75) is 65.3 Å². The molecule has 0 aliphatic heterocycles. The van der Waals surface area contributed by atoms with E-state index >= 15 is 0 Å². The number of ketones is 1. The summed E-state index contributed by atoms with van der Waals surface area (Å²) in [5.74, 6) is 1.15. The maximum atomic E-state index is 12.3. The van der Waals surface area contributed by atoms with Crippen molar-refractivity contribution in [3.8, 4) is 0 Å². The number of rotatable bonds is 4. The van der Waals surface area contributed by atoms with Gasteiger partial charge in [-0.15, -0.1) is 0 Å². The Morgan fingerprint density at radius 3 is 2.79 bits per heavy atom. The smallest absolute Gasteiger partial charge is 0.137 e. The van der Waals surface area contributed by atoms with Crippen molar-refractivity contribution in [2.24, 2.45) is 11.8 Å². The Hall–Kier alpha value is -1.12. The molecular weight excluding hydrogens is 236 g/mol. The molecule has 1 aromatic rings. The van der Waals surface area contributed by atoms with Crippen LogP contribution >= 0.6 is 0 Å². The summed E-state index contributed by atoms with van der Waals surface area (Å²) in [4.78, 5) is 12.3. The predicted molar refractivity (Wildman–Crippen MR) is 77.1 cm³/mol. The van der Waals surface area contributed by atoms with Crippen LogP contribution in [-0.2, 0) is 16.8 Å². The van der Waals surface area contributed by atoms with Gasteiger partial charge in [-0.1, -0.05) is 27.7 Å². The number of carbonyl (C=O) groups excluding carboxylic acids is 1. The van der Waals surface area contributed by atoms with Gasteiger partial charge in [0.15, 0.2) is 0 Å². The highest BCUT2D eigenvalue weighted by molar-refractivity contribution is 5.83. The lowest BCUT2D eigenvalue weighted by atomic mass is 9.66. The third-order valence-electron chi connectivity index (χ3n) is 4.59. The van der Waals surface area contributed by atoms with Gasteiger partial charge < -0.3 is 0 Å². The van der Waals surface area contributed by atoms with Crippen molar-refractivity contribution in [2.75, 3.05) is 0 Å². The zero-order valence-electron chi connectivity index (χ0n) is 12.6. The van der Waals surface area contributed by atoms with Gasteiger partial charge in [0.1, 0.15) is 5.78 Å². The van der Waals surface area contributed by atoms with Crippen LogP contribution in [-0.4, -0.2) is 15.6 Å². The van der Waals surface area contributed by atoms with Crippen LogP contribution in [0.3, 0.4) is 0 Å². The lowest BCUT2D eigenvalue weighted by Crippen LogP contribution is -2.38. The van der Waals surface area contributed by atoms with E-state index in [-0.39, 0.29) is 11.3 Å². The van der Waals surface area contributed by atoms with Gasteiger partial charge in [0, 0.05) is 30.5 Å². The van der Waals surface area contributed by atoms with Crippen molar-refractivity contribution in [3.63, 3.8) is 0 Å². The van der Waals surface area contributed by atoms with E-state index < -0.39 is 0 Å². The molecule has 0 amide bonds. The van der Waals surface area contributed by atoms with Gasteiger partial charge in [-0.05, 0) is 30.7 Å². The third-order valence-corrected chi connectivity index (χ3v) is 4.59. The van der Waals surface area contributed by atoms with Crippen LogP contribution in [0.1, 0.15) is 58.9 Å². The van der Waals surface area contributed by atoms with Crippen LogP contribution in [0.5, 0.6) is 0 Å². The highest BCUT2D eigenvalue weighted by atomic mass is 16.1. The molecule has 106 valence electrons. The van der Waals surface area contributed by atoms with E-state index in [1.165, 1.54) is 12.0 Å². The molecule has 1 aliphatic carbocycles. The molecule has 1 fully saturated rings. The lowest BCUT2D eigenvalue weighted by molar-refractivity contribution is -0.128. The second-order valence-corrected chi connectivity index (χ2v) is 6.62. The Morgan fingerprint density at radius 1 is 1.42 bits per heavy atom. The Bertz CT molecular complexity index is 447. The molecule has 1 saturated carbocycles. The SMILES string of the molecule is CCCn1cc(C(C)(C)C2CCC(C)CC2=O)cn1. The monoisotopic (exact) mass is 262 g/mol. The maximum absolute atomic E-state index is 12.3. The largest absolute Gasteiger partial charge is 0.299 e. The van der Waals surface area contributed by atoms with E-state index in [0.29, 0.717) is 11.7 Å². The standard InChI is InChI=1S/C16H26N2O/c1-5-8-18-11-13(10-17-18)16(3,4)14-7-6-12(2)9-15(14)19/h10-12,14H,5-9H2,1-4H3. The van der Waals surface area contributed by atoms with Crippen LogP contribution < -0.4 is 0 Å². The number of hydrogen-bond acceptors (Lipinski definition) is 2. The van der Waals surface area contributed by atoms with Gasteiger partial charge in [0.05, 0.1) is 6.20 Å². The molecular formula is C16H26N2O. The summed E-state index contributed by atoms with van der Waals surface area (Å²) in [5, 5.41) is 4.41. The minimum Gasteiger partial charge on any atom is -0.299 e. The molecule has 1 aromatic heterocycles. The summed E-state index contributed by atoms with van der Waals surface area (Å²) >= 11 is 0. The van der Waals surface area contributed by atoms with E-state index in [4.69, 9.17) is 0 Å². The molecule has 1 heterocycles. The molecule has 2 rings (SSSR count). The van der Waals surface area contributed by atoms with Crippen LogP contribution in [0, 0.1) is 11.8 Å². The first-order valence-electron chi connectivity index (χ1n) is 7.50. The van der Waals surface area contributed by atoms with E-state index in [9.17, 15) is 4.79 Å². The molecule has 3 heteroatoms. The molecule has 2 unspecified atom stereocenters. The topological polar surface area (TPSA) is 34.9 Å². The van der Waals surface area contributed by atoms with Crippen molar-refractivity contribution in [1.82, 2.24) is 9.78 Å². The van der Waals surface area contributed by atoms with Crippen molar-refractivity contribution in [3.05, 3.63) is 18.0 Å². The molecule has 1 aliphatic rings. The predicted octanol–water partition coefficient (Wildman–Crippen LogP) is 3.58. The van der Waals surface area contributed by atoms with Crippen molar-refractivity contribution >= 4 is 5.78 Å². The highest BCUT2D eigenvalue weighted by Gasteiger charge is 2.39. The fourth-order valence-electron chi connectivity index (χ4n) is 3.21. The number of nitrogens with zero attached hydrogens (tertiary/aromatic N) is 2. The van der Waals surface area contributed by atoms with Crippen LogP contribution in [0.25, 0.3) is 0 Å². The highest BCUT2D eigenvalue weighted by Crippen LogP contribution is 2.40. The molecule has 3 nitrogen and oxygen atoms in total. The Labute approximate surface area is 116 Å². The number of carbonyl (C=O) groups is 1. The van der Waals surface area contributed by atoms with E-state index in [1.807, 2.05) is 10.9 Å². The Balaban J connectivity index is 2.18. The molecule has 0 bridgehead atoms. The zero-order valence-corrected chi connectivity index (χ0v) is 12.6. The third kappa shape index (κ3) is 2.90. The first kappa shape index (κ1) is 14.3. The normalized spacial score (nSPS) is 24.7. The molecule has 2 atom stereocenters. The average molecular weight is 262 g/mol. The Kier molecular flexibility index (Phi) is 4.12. The summed E-state index contributed by atoms with van der Waals surface area (Å²) in [6, 6.07) is 0. The van der Waals surface area contributed by atoms with Crippen LogP contribution in [0.4, 0.5) is 0 Å². The summed E-state index contributed by atoms with van der Waals surface area (Å²) < 4.78 is 1.99. The fourth-order valence-corrected chi connectivity index (χ4v) is 3.21. The van der Waals surface area contributed by atoms with Crippen LogP contribution in [0.2, 0.25) is 0 Å². The number of aromatic nitrogens is 2. The Morgan fingerprint density at radius 2 is 2.16 bits per heavy atom. The number of Topliss-reactive ketones (excluding diaryl/α,β-unsaturated/α-hetero) is 1. The number of hydrogen-bond donors (Lipinski definition) is 0. The van der Waals surface area contributed by atoms with Gasteiger partial charge in [-0.2, -0.15) is 5.10 Å². The summed E-state index contributed by atoms with van der Waals surface area (Å²) in [6.45, 7) is 9.67. The molecule has 0 saturated heterocycles. The van der Waals surface area contributed by atoms with Gasteiger partial charge in [0.25, 0.3) is 0 Å². The zero-order chi connectivity index (χ0) is 14.0. The quantitative estimate of drug-likeness (QED) is 0.831. The van der Waals surface area contributed by atoms with Crippen molar-refractivity contribution < 1.29 is 4.79 Å². The summed E-state index contributed by atoms with van der Waals surface area (Å²) in [7, 11) is 0. The van der Waals surface area contributed by atoms with Crippen LogP contribution in [0.15, 0.2) is 12.4 Å². The lowest BCUT2D eigenvalue weighted by Gasteiger charge is -2.37. The first-order valence-corrected chi connectivity index (χ1v) is 7.50. The van der Waals surface area contributed by atoms with E-state index in [0.717, 1.165) is 25.8 Å². The summed E-state index contributed by atoms with van der Waals surface area (Å²) in [5.41, 5.74) is 1.11. The van der Waals surface area contributed by atoms with E-state index in [2.05, 4.69) is 39.0 Å². The minimum atomic E-state index is -0.0940. The molecule has 0 N–H and O–H groups in total. The molecule has 19 heavy (non-hydrogen) atoms. The van der Waals surface area contributed by atoms with Gasteiger partial charge in [-0.25, -0.2) is 0 Å². The van der Waals surface area contributed by atoms with Crippen molar-refractivity contribution in [1.29, 1.82) is 0 Å². The second kappa shape index (κ2) is 5.48. The maximum Gasteiger partial charge on any atom is 0.137 e. The summed E-state index contributed by atoms with van der Waals surface area (Å²) in [6.07, 6.45) is 8.09.